The molecule has 0 fully saturated rings. The number of hydrogen-bond acceptors (Lipinski definition) is 11. The number of guanidine groups is 1. The zero-order valence-electron chi connectivity index (χ0n) is 35.2. The number of hydrogen-bond donors (Lipinski definition) is 6. The molecule has 0 spiro atoms. The monoisotopic (exact) mass is 937 g/mol. The van der Waals surface area contributed by atoms with Crippen molar-refractivity contribution < 1.29 is 36.3 Å². The first-order valence-corrected chi connectivity index (χ1v) is 24.3. The third-order valence-electron chi connectivity index (χ3n) is 10.2. The SMILES string of the molecule is COc1cc(C)c(S(=O)(=O)NC(N)=NCCC[C@H](NC(=O)[C@H](Cc2cccc(Cl)c2)NC(=O)[C@@H](Cc2ccccc2)NS(=O)(=O)Cc2ccccc2)C(O)c2nccs2)c(C)c1C. The number of aryl methyl sites for hydroxylation is 1. The number of halogens is 1. The highest BCUT2D eigenvalue weighted by molar-refractivity contribution is 7.90. The number of aliphatic hydroxyl groups is 1. The van der Waals surface area contributed by atoms with Gasteiger partial charge in [-0.2, -0.15) is 0 Å². The number of aliphatic imine (C=N–C) groups is 1. The highest BCUT2D eigenvalue weighted by Crippen LogP contribution is 2.30. The number of carbonyl (C=O) groups excluding carboxylic acids is 2. The summed E-state index contributed by atoms with van der Waals surface area (Å²) >= 11 is 7.48. The van der Waals surface area contributed by atoms with Gasteiger partial charge in [0.05, 0.1) is 23.8 Å². The van der Waals surface area contributed by atoms with Gasteiger partial charge in [0.15, 0.2) is 0 Å². The van der Waals surface area contributed by atoms with Gasteiger partial charge in [0.2, 0.25) is 27.8 Å². The van der Waals surface area contributed by atoms with E-state index in [4.69, 9.17) is 22.1 Å². The van der Waals surface area contributed by atoms with Crippen LogP contribution in [0.15, 0.2) is 112 Å². The average Bonchev–Trinajstić information content (AvgIpc) is 3.78. The Morgan fingerprint density at radius 2 is 1.49 bits per heavy atom. The van der Waals surface area contributed by atoms with Crippen molar-refractivity contribution in [3.63, 3.8) is 0 Å². The second-order valence-electron chi connectivity index (χ2n) is 14.9. The molecule has 15 nitrogen and oxygen atoms in total. The summed E-state index contributed by atoms with van der Waals surface area (Å²) in [7, 11) is -6.67. The molecule has 5 rings (SSSR count). The van der Waals surface area contributed by atoms with E-state index in [0.29, 0.717) is 49.2 Å². The number of amides is 2. The lowest BCUT2D eigenvalue weighted by Gasteiger charge is -2.27. The first-order chi connectivity index (χ1) is 30.0. The van der Waals surface area contributed by atoms with Crippen LogP contribution in [0.3, 0.4) is 0 Å². The number of ether oxygens (including phenoxy) is 1. The van der Waals surface area contributed by atoms with Crippen molar-refractivity contribution in [3.05, 3.63) is 146 Å². The summed E-state index contributed by atoms with van der Waals surface area (Å²) in [4.78, 5) is 37.1. The van der Waals surface area contributed by atoms with Crippen molar-refractivity contribution in [1.82, 2.24) is 25.1 Å². The predicted molar refractivity (Wildman–Crippen MR) is 245 cm³/mol. The van der Waals surface area contributed by atoms with Gasteiger partial charge in [0, 0.05) is 29.6 Å². The molecule has 0 saturated carbocycles. The molecule has 1 unspecified atom stereocenters. The number of sulfonamides is 2. The van der Waals surface area contributed by atoms with Crippen molar-refractivity contribution in [2.75, 3.05) is 13.7 Å². The molecule has 5 aromatic rings. The van der Waals surface area contributed by atoms with Crippen molar-refractivity contribution in [2.24, 2.45) is 10.7 Å². The van der Waals surface area contributed by atoms with Gasteiger partial charge < -0.3 is 26.2 Å². The zero-order valence-corrected chi connectivity index (χ0v) is 38.5. The van der Waals surface area contributed by atoms with Gasteiger partial charge in [-0.1, -0.05) is 84.4 Å². The number of thiazole rings is 1. The summed E-state index contributed by atoms with van der Waals surface area (Å²) in [6.45, 7) is 5.10. The number of methoxy groups -OCH3 is 1. The molecule has 63 heavy (non-hydrogen) atoms. The molecule has 4 aromatic carbocycles. The van der Waals surface area contributed by atoms with Gasteiger partial charge in [-0.25, -0.2) is 31.3 Å². The number of aromatic nitrogens is 1. The van der Waals surface area contributed by atoms with Crippen LogP contribution < -0.4 is 30.5 Å². The van der Waals surface area contributed by atoms with Crippen LogP contribution >= 0.6 is 22.9 Å². The molecule has 0 aliphatic rings. The lowest BCUT2D eigenvalue weighted by molar-refractivity contribution is -0.130. The summed E-state index contributed by atoms with van der Waals surface area (Å²) in [5.74, 6) is -1.60. The number of nitrogens with zero attached hydrogens (tertiary/aromatic N) is 2. The van der Waals surface area contributed by atoms with Crippen LogP contribution in [0.4, 0.5) is 0 Å². The molecule has 0 saturated heterocycles. The Morgan fingerprint density at radius 3 is 2.13 bits per heavy atom. The number of aliphatic hydroxyl groups excluding tert-OH is 1. The molecule has 0 aliphatic heterocycles. The quantitative estimate of drug-likeness (QED) is 0.0335. The molecule has 7 N–H and O–H groups in total. The number of benzene rings is 4. The fourth-order valence-electron chi connectivity index (χ4n) is 6.99. The Bertz CT molecular complexity index is 2580. The normalized spacial score (nSPS) is 14.0. The first kappa shape index (κ1) is 48.7. The van der Waals surface area contributed by atoms with E-state index in [-0.39, 0.29) is 48.8 Å². The molecular weight excluding hydrogens is 886 g/mol. The summed E-state index contributed by atoms with van der Waals surface area (Å²) < 4.78 is 64.0. The fraction of sp³-hybridized carbons (Fsp3) is 0.318. The van der Waals surface area contributed by atoms with E-state index in [9.17, 15) is 31.5 Å². The van der Waals surface area contributed by atoms with Crippen molar-refractivity contribution in [1.29, 1.82) is 0 Å². The maximum absolute atomic E-state index is 14.4. The first-order valence-electron chi connectivity index (χ1n) is 19.9. The molecule has 4 atom stereocenters. The smallest absolute Gasteiger partial charge is 0.264 e. The Labute approximate surface area is 377 Å². The van der Waals surface area contributed by atoms with E-state index in [1.807, 2.05) is 0 Å². The lowest BCUT2D eigenvalue weighted by atomic mass is 10.0. The van der Waals surface area contributed by atoms with E-state index in [1.54, 1.807) is 117 Å². The Balaban J connectivity index is 1.35. The predicted octanol–water partition coefficient (Wildman–Crippen LogP) is 4.78. The lowest BCUT2D eigenvalue weighted by Crippen LogP contribution is -2.56. The molecule has 0 aliphatic carbocycles. The van der Waals surface area contributed by atoms with Crippen LogP contribution in [-0.2, 0) is 48.2 Å². The fourth-order valence-corrected chi connectivity index (χ4v) is 10.7. The van der Waals surface area contributed by atoms with E-state index >= 15 is 0 Å². The van der Waals surface area contributed by atoms with Crippen molar-refractivity contribution in [3.8, 4) is 5.75 Å². The minimum atomic E-state index is -4.12. The molecule has 0 bridgehead atoms. The van der Waals surface area contributed by atoms with E-state index in [1.165, 1.54) is 24.6 Å². The van der Waals surface area contributed by atoms with Gasteiger partial charge >= 0.3 is 0 Å². The molecule has 1 aromatic heterocycles. The second-order valence-corrected chi connectivity index (χ2v) is 19.7. The Kier molecular flexibility index (Phi) is 17.2. The molecule has 2 amide bonds. The van der Waals surface area contributed by atoms with Gasteiger partial charge in [0.25, 0.3) is 10.0 Å². The van der Waals surface area contributed by atoms with E-state index in [0.717, 1.165) is 0 Å². The van der Waals surface area contributed by atoms with Crippen LogP contribution in [0.2, 0.25) is 5.02 Å². The van der Waals surface area contributed by atoms with Gasteiger partial charge in [-0.3, -0.25) is 14.6 Å². The van der Waals surface area contributed by atoms with Crippen LogP contribution in [0.5, 0.6) is 5.75 Å². The molecule has 1 heterocycles. The largest absolute Gasteiger partial charge is 0.496 e. The Hall–Kier alpha value is -5.37. The highest BCUT2D eigenvalue weighted by Gasteiger charge is 2.32. The molecule has 0 radical (unpaired) electrons. The standard InChI is InChI=1S/C44H52ClN7O8S3/c1-28-23-38(60-4)29(2)30(3)40(28)63(58,59)52-44(46)48-20-12-19-35(39(53)43-47-21-22-61-43)49-41(54)36(26-33-17-11-18-34(45)24-33)50-42(55)37(25-31-13-7-5-8-14-31)51-62(56,57)27-32-15-9-6-10-16-32/h5-11,13-18,21-24,35-37,39,51,53H,12,19-20,25-27H2,1-4H3,(H,49,54)(H,50,55)(H3,46,48,52)/t35-,36-,37+,39?/m0/s1. The molecular formula is C44H52ClN7O8S3. The maximum Gasteiger partial charge on any atom is 0.264 e. The third-order valence-corrected chi connectivity index (χ3v) is 14.2. The molecule has 19 heteroatoms. The van der Waals surface area contributed by atoms with E-state index < -0.39 is 56.1 Å². The number of nitrogens with two attached hydrogens (primary N) is 1. The van der Waals surface area contributed by atoms with Crippen LogP contribution in [0, 0.1) is 20.8 Å². The second kappa shape index (κ2) is 22.3. The van der Waals surface area contributed by atoms with E-state index in [2.05, 4.69) is 30.1 Å². The van der Waals surface area contributed by atoms with Crippen LogP contribution in [0.1, 0.15) is 57.3 Å². The number of nitrogens with one attached hydrogen (secondary N) is 4. The zero-order chi connectivity index (χ0) is 45.7. The topological polar surface area (TPSA) is 231 Å². The van der Waals surface area contributed by atoms with Crippen molar-refractivity contribution >= 4 is 60.8 Å². The summed E-state index contributed by atoms with van der Waals surface area (Å²) in [5.41, 5.74) is 9.50. The minimum Gasteiger partial charge on any atom is -0.496 e. The Morgan fingerprint density at radius 1 is 0.857 bits per heavy atom. The number of carbonyl (C=O) groups is 2. The van der Waals surface area contributed by atoms with Crippen molar-refractivity contribution in [2.45, 2.75) is 81.3 Å². The van der Waals surface area contributed by atoms with Gasteiger partial charge in [-0.15, -0.1) is 11.3 Å². The third kappa shape index (κ3) is 14.1. The highest BCUT2D eigenvalue weighted by atomic mass is 35.5. The van der Waals surface area contributed by atoms with Crippen LogP contribution in [-0.4, -0.2) is 76.5 Å². The summed E-state index contributed by atoms with van der Waals surface area (Å²) in [6, 6.07) is 22.3. The molecule has 336 valence electrons. The summed E-state index contributed by atoms with van der Waals surface area (Å²) in [6.07, 6.45) is 0.525. The van der Waals surface area contributed by atoms with Crippen LogP contribution in [0.25, 0.3) is 0 Å². The summed E-state index contributed by atoms with van der Waals surface area (Å²) in [5, 5.41) is 19.6. The average molecular weight is 939 g/mol. The number of rotatable bonds is 21. The maximum atomic E-state index is 14.4. The van der Waals surface area contributed by atoms with Gasteiger partial charge in [-0.05, 0) is 91.6 Å². The van der Waals surface area contributed by atoms with Gasteiger partial charge in [0.1, 0.15) is 28.9 Å². The minimum absolute atomic E-state index is 0.0118.